The van der Waals surface area contributed by atoms with Gasteiger partial charge in [-0.25, -0.2) is 13.6 Å². The van der Waals surface area contributed by atoms with Crippen molar-refractivity contribution in [3.8, 4) is 0 Å². The summed E-state index contributed by atoms with van der Waals surface area (Å²) < 4.78 is 22.7. The van der Waals surface area contributed by atoms with Gasteiger partial charge in [-0.3, -0.25) is 4.79 Å². The molecule has 114 valence electrons. The number of carbonyl (C=O) groups excluding carboxylic acids is 1. The molecule has 20 heavy (non-hydrogen) atoms. The Morgan fingerprint density at radius 3 is 2.60 bits per heavy atom. The third kappa shape index (κ3) is 4.57. The lowest BCUT2D eigenvalue weighted by Gasteiger charge is -2.13. The van der Waals surface area contributed by atoms with Crippen LogP contribution in [0.3, 0.4) is 0 Å². The largest absolute Gasteiger partial charge is 0.350 e. The molecule has 0 aliphatic rings. The topological polar surface area (TPSA) is 89.3 Å². The van der Waals surface area contributed by atoms with E-state index in [0.29, 0.717) is 11.1 Å². The molecular formula is C13H22N2O3S2. The highest BCUT2D eigenvalue weighted by molar-refractivity contribution is 7.91. The predicted octanol–water partition coefficient (Wildman–Crippen LogP) is 2.40. The Morgan fingerprint density at radius 1 is 1.45 bits per heavy atom. The van der Waals surface area contributed by atoms with Crippen molar-refractivity contribution in [1.29, 1.82) is 0 Å². The maximum atomic E-state index is 12.1. The molecule has 0 bridgehead atoms. The second-order valence-electron chi connectivity index (χ2n) is 4.98. The summed E-state index contributed by atoms with van der Waals surface area (Å²) >= 11 is 0.986. The summed E-state index contributed by atoms with van der Waals surface area (Å²) in [4.78, 5) is 12.1. The zero-order chi connectivity index (χ0) is 15.3. The number of thiophene rings is 1. The van der Waals surface area contributed by atoms with Crippen LogP contribution in [-0.4, -0.2) is 20.4 Å². The number of hydrogen-bond donors (Lipinski definition) is 2. The first-order chi connectivity index (χ1) is 9.27. The molecule has 0 aromatic carbocycles. The third-order valence-corrected chi connectivity index (χ3v) is 5.80. The van der Waals surface area contributed by atoms with Crippen LogP contribution in [0.2, 0.25) is 0 Å². The number of nitrogens with two attached hydrogens (primary N) is 1. The first-order valence-corrected chi connectivity index (χ1v) is 9.11. The van der Waals surface area contributed by atoms with Gasteiger partial charge in [-0.05, 0) is 25.8 Å². The molecule has 1 unspecified atom stereocenters. The molecule has 1 aromatic rings. The monoisotopic (exact) mass is 318 g/mol. The van der Waals surface area contributed by atoms with Gasteiger partial charge in [0.1, 0.15) is 4.21 Å². The van der Waals surface area contributed by atoms with E-state index < -0.39 is 10.0 Å². The van der Waals surface area contributed by atoms with Crippen molar-refractivity contribution in [3.63, 3.8) is 0 Å². The lowest BCUT2D eigenvalue weighted by atomic mass is 10.1. The van der Waals surface area contributed by atoms with Crippen molar-refractivity contribution in [1.82, 2.24) is 5.32 Å². The number of amides is 1. The molecular weight excluding hydrogens is 296 g/mol. The van der Waals surface area contributed by atoms with Gasteiger partial charge in [0.25, 0.3) is 5.91 Å². The lowest BCUT2D eigenvalue weighted by molar-refractivity contribution is 0.0937. The second kappa shape index (κ2) is 7.19. The van der Waals surface area contributed by atoms with Crippen LogP contribution in [0, 0.1) is 6.92 Å². The van der Waals surface area contributed by atoms with Crippen molar-refractivity contribution >= 4 is 27.3 Å². The highest BCUT2D eigenvalue weighted by Crippen LogP contribution is 2.25. The standard InChI is InChI=1S/C13H22N2O3S2/c1-4-5-6-7-9(2)15-12(16)11-8-19-13(10(11)3)20(14,17)18/h8-9H,4-7H2,1-3H3,(H,15,16)(H2,14,17,18). The molecule has 0 saturated heterocycles. The summed E-state index contributed by atoms with van der Waals surface area (Å²) in [6.07, 6.45) is 4.28. The average molecular weight is 318 g/mol. The number of sulfonamides is 1. The SMILES string of the molecule is CCCCCC(C)NC(=O)c1csc(S(N)(=O)=O)c1C. The number of unbranched alkanes of at least 4 members (excludes halogenated alkanes) is 2. The van der Waals surface area contributed by atoms with Gasteiger partial charge in [0.2, 0.25) is 10.0 Å². The van der Waals surface area contributed by atoms with E-state index in [0.717, 1.165) is 37.0 Å². The van der Waals surface area contributed by atoms with Crippen molar-refractivity contribution in [2.45, 2.75) is 56.7 Å². The van der Waals surface area contributed by atoms with Gasteiger partial charge < -0.3 is 5.32 Å². The molecule has 1 atom stereocenters. The van der Waals surface area contributed by atoms with E-state index in [1.54, 1.807) is 12.3 Å². The summed E-state index contributed by atoms with van der Waals surface area (Å²) in [5, 5.41) is 9.54. The summed E-state index contributed by atoms with van der Waals surface area (Å²) in [6, 6.07) is 0.0753. The van der Waals surface area contributed by atoms with Gasteiger partial charge in [0, 0.05) is 11.4 Å². The third-order valence-electron chi connectivity index (χ3n) is 3.12. The zero-order valence-electron chi connectivity index (χ0n) is 12.1. The van der Waals surface area contributed by atoms with Crippen LogP contribution in [0.1, 0.15) is 55.5 Å². The van der Waals surface area contributed by atoms with E-state index in [1.165, 1.54) is 0 Å². The van der Waals surface area contributed by atoms with E-state index in [-0.39, 0.29) is 16.2 Å². The van der Waals surface area contributed by atoms with Gasteiger partial charge in [0.15, 0.2) is 0 Å². The lowest BCUT2D eigenvalue weighted by Crippen LogP contribution is -2.32. The van der Waals surface area contributed by atoms with E-state index in [4.69, 9.17) is 5.14 Å². The fourth-order valence-electron chi connectivity index (χ4n) is 1.98. The predicted molar refractivity (Wildman–Crippen MR) is 81.5 cm³/mol. The van der Waals surface area contributed by atoms with Crippen LogP contribution < -0.4 is 10.5 Å². The number of rotatable bonds is 7. The number of primary sulfonamides is 1. The molecule has 1 aromatic heterocycles. The molecule has 0 radical (unpaired) electrons. The van der Waals surface area contributed by atoms with E-state index in [1.807, 2.05) is 6.92 Å². The van der Waals surface area contributed by atoms with E-state index in [9.17, 15) is 13.2 Å². The van der Waals surface area contributed by atoms with E-state index in [2.05, 4.69) is 12.2 Å². The Morgan fingerprint density at radius 2 is 2.10 bits per heavy atom. The van der Waals surface area contributed by atoms with Crippen LogP contribution in [0.5, 0.6) is 0 Å². The highest BCUT2D eigenvalue weighted by Gasteiger charge is 2.21. The van der Waals surface area contributed by atoms with Gasteiger partial charge in [-0.1, -0.05) is 26.2 Å². The molecule has 5 nitrogen and oxygen atoms in total. The Kier molecular flexibility index (Phi) is 6.16. The van der Waals surface area contributed by atoms with Gasteiger partial charge in [-0.2, -0.15) is 0 Å². The number of carbonyl (C=O) groups is 1. The molecule has 0 aliphatic carbocycles. The zero-order valence-corrected chi connectivity index (χ0v) is 13.7. The fourth-order valence-corrected chi connectivity index (χ4v) is 3.99. The molecule has 3 N–H and O–H groups in total. The molecule has 0 aliphatic heterocycles. The first-order valence-electron chi connectivity index (χ1n) is 6.69. The van der Waals surface area contributed by atoms with Crippen molar-refractivity contribution in [3.05, 3.63) is 16.5 Å². The van der Waals surface area contributed by atoms with Gasteiger partial charge >= 0.3 is 0 Å². The maximum absolute atomic E-state index is 12.1. The second-order valence-corrected chi connectivity index (χ2v) is 7.61. The highest BCUT2D eigenvalue weighted by atomic mass is 32.2. The van der Waals surface area contributed by atoms with E-state index >= 15 is 0 Å². The normalized spacial score (nSPS) is 13.2. The Hall–Kier alpha value is -0.920. The number of nitrogens with one attached hydrogen (secondary N) is 1. The minimum Gasteiger partial charge on any atom is -0.350 e. The summed E-state index contributed by atoms with van der Waals surface area (Å²) in [7, 11) is -3.75. The Balaban J connectivity index is 2.72. The first kappa shape index (κ1) is 17.1. The Bertz CT molecular complexity index is 564. The summed E-state index contributed by atoms with van der Waals surface area (Å²) in [5.41, 5.74) is 0.817. The van der Waals surface area contributed by atoms with Crippen LogP contribution in [0.15, 0.2) is 9.59 Å². The molecule has 1 rings (SSSR count). The number of hydrogen-bond acceptors (Lipinski definition) is 4. The van der Waals surface area contributed by atoms with Crippen LogP contribution in [-0.2, 0) is 10.0 Å². The molecule has 0 fully saturated rings. The molecule has 1 heterocycles. The minimum absolute atomic E-state index is 0.0567. The van der Waals surface area contributed by atoms with Gasteiger partial charge in [0.05, 0.1) is 5.56 Å². The van der Waals surface area contributed by atoms with Crippen molar-refractivity contribution < 1.29 is 13.2 Å². The summed E-state index contributed by atoms with van der Waals surface area (Å²) in [5.74, 6) is -0.238. The molecule has 1 amide bonds. The van der Waals surface area contributed by atoms with Crippen LogP contribution in [0.4, 0.5) is 0 Å². The van der Waals surface area contributed by atoms with Crippen LogP contribution in [0.25, 0.3) is 0 Å². The quantitative estimate of drug-likeness (QED) is 0.756. The molecule has 7 heteroatoms. The fraction of sp³-hybridized carbons (Fsp3) is 0.615. The summed E-state index contributed by atoms with van der Waals surface area (Å²) in [6.45, 7) is 5.69. The van der Waals surface area contributed by atoms with Crippen molar-refractivity contribution in [2.24, 2.45) is 5.14 Å². The Labute approximate surface area is 124 Å². The smallest absolute Gasteiger partial charge is 0.252 e. The van der Waals surface area contributed by atoms with Crippen LogP contribution >= 0.6 is 11.3 Å². The van der Waals surface area contributed by atoms with Crippen molar-refractivity contribution in [2.75, 3.05) is 0 Å². The minimum atomic E-state index is -3.75. The van der Waals surface area contributed by atoms with Gasteiger partial charge in [-0.15, -0.1) is 11.3 Å². The molecule has 0 spiro atoms. The average Bonchev–Trinajstić information content (AvgIpc) is 2.71. The maximum Gasteiger partial charge on any atom is 0.252 e. The molecule has 0 saturated carbocycles.